The van der Waals surface area contributed by atoms with Crippen LogP contribution in [0.5, 0.6) is 0 Å². The van der Waals surface area contributed by atoms with Gasteiger partial charge in [0.2, 0.25) is 0 Å². The molecule has 16 heavy (non-hydrogen) atoms. The Labute approximate surface area is 98.8 Å². The Morgan fingerprint density at radius 1 is 1.38 bits per heavy atom. The minimum Gasteiger partial charge on any atom is -0.361 e. The second-order valence-electron chi connectivity index (χ2n) is 3.65. The summed E-state index contributed by atoms with van der Waals surface area (Å²) < 4.78 is 19.0. The zero-order valence-electron chi connectivity index (χ0n) is 9.34. The van der Waals surface area contributed by atoms with Gasteiger partial charge in [0.15, 0.2) is 0 Å². The normalized spacial score (nSPS) is 16.7. The molecule has 2 N–H and O–H groups in total. The highest BCUT2D eigenvalue weighted by atomic mass is 32.2. The van der Waals surface area contributed by atoms with E-state index in [2.05, 4.69) is 17.6 Å². The van der Waals surface area contributed by atoms with Crippen LogP contribution in [0, 0.1) is 5.82 Å². The van der Waals surface area contributed by atoms with Gasteiger partial charge in [0.25, 0.3) is 0 Å². The summed E-state index contributed by atoms with van der Waals surface area (Å²) in [5.74, 6) is -0.230. The molecule has 0 bridgehead atoms. The van der Waals surface area contributed by atoms with Crippen molar-refractivity contribution >= 4 is 23.1 Å². The second-order valence-corrected chi connectivity index (χ2v) is 4.83. The Morgan fingerprint density at radius 2 is 2.12 bits per heavy atom. The largest absolute Gasteiger partial charge is 0.361 e. The highest BCUT2D eigenvalue weighted by Crippen LogP contribution is 2.34. The van der Waals surface area contributed by atoms with Crippen molar-refractivity contribution in [2.75, 3.05) is 30.4 Å². The fourth-order valence-electron chi connectivity index (χ4n) is 1.62. The molecule has 1 heterocycles. The van der Waals surface area contributed by atoms with Crippen LogP contribution < -0.4 is 10.6 Å². The topological polar surface area (TPSA) is 33.3 Å². The lowest BCUT2D eigenvalue weighted by Gasteiger charge is -2.14. The van der Waals surface area contributed by atoms with Crippen LogP contribution in [0.4, 0.5) is 15.8 Å². The van der Waals surface area contributed by atoms with Crippen molar-refractivity contribution in [3.05, 3.63) is 23.5 Å². The summed E-state index contributed by atoms with van der Waals surface area (Å²) in [4.78, 5) is 0. The first-order valence-electron chi connectivity index (χ1n) is 5.14. The van der Waals surface area contributed by atoms with Crippen molar-refractivity contribution in [1.29, 1.82) is 0 Å². The lowest BCUT2D eigenvalue weighted by atomic mass is 10.1. The fraction of sp³-hybridized carbons (Fsp3) is 0.455. The summed E-state index contributed by atoms with van der Waals surface area (Å²) in [6, 6.07) is 3.56. The number of rotatable bonds is 2. The summed E-state index contributed by atoms with van der Waals surface area (Å²) >= 11 is 1.70. The molecule has 1 aliphatic heterocycles. The first-order chi connectivity index (χ1) is 7.72. The number of ether oxygens (including phenoxy) is 1. The quantitative estimate of drug-likeness (QED) is 0.835. The van der Waals surface area contributed by atoms with Crippen LogP contribution in [-0.2, 0) is 4.74 Å². The molecule has 0 aliphatic carbocycles. The van der Waals surface area contributed by atoms with E-state index >= 15 is 0 Å². The third-order valence-electron chi connectivity index (χ3n) is 2.65. The van der Waals surface area contributed by atoms with Gasteiger partial charge in [-0.05, 0) is 30.9 Å². The molecule has 88 valence electrons. The third-order valence-corrected chi connectivity index (χ3v) is 3.63. The van der Waals surface area contributed by atoms with Crippen LogP contribution in [0.25, 0.3) is 0 Å². The molecule has 1 atom stereocenters. The minimum atomic E-state index is -0.230. The van der Waals surface area contributed by atoms with Crippen molar-refractivity contribution in [1.82, 2.24) is 0 Å². The van der Waals surface area contributed by atoms with E-state index in [1.165, 1.54) is 0 Å². The Bertz CT molecular complexity index is 386. The molecule has 0 saturated heterocycles. The van der Waals surface area contributed by atoms with Gasteiger partial charge in [-0.25, -0.2) is 4.39 Å². The molecule has 0 spiro atoms. The molecule has 0 aromatic heterocycles. The van der Waals surface area contributed by atoms with E-state index < -0.39 is 0 Å². The second kappa shape index (κ2) is 4.93. The zero-order valence-corrected chi connectivity index (χ0v) is 10.2. The number of halogens is 1. The van der Waals surface area contributed by atoms with Gasteiger partial charge in [-0.15, -0.1) is 0 Å². The summed E-state index contributed by atoms with van der Waals surface area (Å²) in [6.07, 6.45) is 2.02. The number of anilines is 2. The fourth-order valence-corrected chi connectivity index (χ4v) is 2.03. The summed E-state index contributed by atoms with van der Waals surface area (Å²) in [5, 5.41) is 6.25. The molecule has 3 nitrogen and oxygen atoms in total. The van der Waals surface area contributed by atoms with Gasteiger partial charge >= 0.3 is 0 Å². The molecule has 5 heteroatoms. The smallest absolute Gasteiger partial charge is 0.148 e. The van der Waals surface area contributed by atoms with Gasteiger partial charge in [0, 0.05) is 5.25 Å². The molecule has 0 radical (unpaired) electrons. The van der Waals surface area contributed by atoms with Gasteiger partial charge < -0.3 is 15.4 Å². The van der Waals surface area contributed by atoms with Crippen molar-refractivity contribution in [3.63, 3.8) is 0 Å². The van der Waals surface area contributed by atoms with Crippen LogP contribution in [0.3, 0.4) is 0 Å². The molecule has 1 unspecified atom stereocenters. The average molecular weight is 242 g/mol. The Balaban J connectivity index is 2.39. The molecular weight excluding hydrogens is 227 g/mol. The van der Waals surface area contributed by atoms with Gasteiger partial charge in [0.05, 0.1) is 11.4 Å². The number of nitrogens with one attached hydrogen (secondary N) is 2. The van der Waals surface area contributed by atoms with Crippen LogP contribution in [0.1, 0.15) is 17.7 Å². The standard InChI is InChI=1S/C11H15FN2OS/c1-7(16-2)8-3-9(12)11-10(4-8)13-5-15-6-14-11/h3-4,7,13-14H,5-6H2,1-2H3. The van der Waals surface area contributed by atoms with Crippen LogP contribution in [0.15, 0.2) is 12.1 Å². The van der Waals surface area contributed by atoms with Crippen molar-refractivity contribution < 1.29 is 9.13 Å². The first kappa shape index (κ1) is 11.5. The number of hydrogen-bond acceptors (Lipinski definition) is 4. The van der Waals surface area contributed by atoms with E-state index in [1.807, 2.05) is 12.3 Å². The van der Waals surface area contributed by atoms with Crippen LogP contribution >= 0.6 is 11.8 Å². The Hall–Kier alpha value is -0.940. The van der Waals surface area contributed by atoms with Crippen LogP contribution in [-0.4, -0.2) is 19.7 Å². The maximum atomic E-state index is 13.8. The zero-order chi connectivity index (χ0) is 11.5. The van der Waals surface area contributed by atoms with Gasteiger partial charge in [-0.3, -0.25) is 0 Å². The maximum absolute atomic E-state index is 13.8. The molecule has 1 aromatic rings. The molecule has 0 saturated carbocycles. The van der Waals surface area contributed by atoms with E-state index in [9.17, 15) is 4.39 Å². The van der Waals surface area contributed by atoms with Gasteiger partial charge in [-0.1, -0.05) is 0 Å². The van der Waals surface area contributed by atoms with Crippen molar-refractivity contribution in [3.8, 4) is 0 Å². The van der Waals surface area contributed by atoms with Gasteiger partial charge in [-0.2, -0.15) is 11.8 Å². The minimum absolute atomic E-state index is 0.230. The summed E-state index contributed by atoms with van der Waals surface area (Å²) in [5.41, 5.74) is 2.25. The molecule has 0 amide bonds. The predicted octanol–water partition coefficient (Wildman–Crippen LogP) is 3.02. The predicted molar refractivity (Wildman–Crippen MR) is 66.4 cm³/mol. The highest BCUT2D eigenvalue weighted by Gasteiger charge is 2.15. The SMILES string of the molecule is CSC(C)c1cc(F)c2c(c1)NCOCN2. The Morgan fingerprint density at radius 3 is 2.88 bits per heavy atom. The molecule has 1 aliphatic rings. The van der Waals surface area contributed by atoms with E-state index in [1.54, 1.807) is 17.8 Å². The number of benzene rings is 1. The monoisotopic (exact) mass is 242 g/mol. The maximum Gasteiger partial charge on any atom is 0.148 e. The number of fused-ring (bicyclic) bond motifs is 1. The summed E-state index contributed by atoms with van der Waals surface area (Å²) in [7, 11) is 0. The third kappa shape index (κ3) is 2.25. The molecular formula is C11H15FN2OS. The number of hydrogen-bond donors (Lipinski definition) is 2. The van der Waals surface area contributed by atoms with Gasteiger partial charge in [0.1, 0.15) is 19.3 Å². The molecule has 1 aromatic carbocycles. The van der Waals surface area contributed by atoms with E-state index in [-0.39, 0.29) is 11.1 Å². The summed E-state index contributed by atoms with van der Waals surface area (Å²) in [6.45, 7) is 2.79. The number of thioether (sulfide) groups is 1. The molecule has 0 fully saturated rings. The van der Waals surface area contributed by atoms with E-state index in [0.717, 1.165) is 11.3 Å². The van der Waals surface area contributed by atoms with E-state index in [0.29, 0.717) is 19.1 Å². The first-order valence-corrected chi connectivity index (χ1v) is 6.43. The lowest BCUT2D eigenvalue weighted by Crippen LogP contribution is -2.05. The molecule has 2 rings (SSSR count). The van der Waals surface area contributed by atoms with Crippen molar-refractivity contribution in [2.24, 2.45) is 0 Å². The highest BCUT2D eigenvalue weighted by molar-refractivity contribution is 7.98. The Kier molecular flexibility index (Phi) is 3.56. The lowest BCUT2D eigenvalue weighted by molar-refractivity contribution is 0.174. The average Bonchev–Trinajstić information content (AvgIpc) is 2.53. The van der Waals surface area contributed by atoms with Crippen LogP contribution in [0.2, 0.25) is 0 Å². The van der Waals surface area contributed by atoms with Crippen molar-refractivity contribution in [2.45, 2.75) is 12.2 Å². The van der Waals surface area contributed by atoms with E-state index in [4.69, 9.17) is 4.74 Å².